The van der Waals surface area contributed by atoms with Crippen molar-refractivity contribution in [1.29, 1.82) is 0 Å². The molecule has 0 bridgehead atoms. The Morgan fingerprint density at radius 2 is 0.825 bits per heavy atom. The molecule has 1 fully saturated rings. The standard InChI is InChI=1S/C46H86O11/c1-3-5-7-9-11-13-15-16-17-18-19-20-21-22-23-24-25-27-28-30-32-34-39(47)54-36-38(37-55-46-43(51)41(49)42(50)44(57-46)45(52)53)56-40(48)35-33-31-29-26-14-12-10-8-6-4-2/h38,41-44,46,49-51H,3-37H2,1-2H3,(H,52,53). The zero-order chi connectivity index (χ0) is 41.8. The van der Waals surface area contributed by atoms with Gasteiger partial charge in [-0.25, -0.2) is 4.79 Å². The molecule has 0 aromatic rings. The van der Waals surface area contributed by atoms with E-state index in [-0.39, 0.29) is 26.1 Å². The summed E-state index contributed by atoms with van der Waals surface area (Å²) in [5, 5.41) is 39.8. The molecule has 1 heterocycles. The van der Waals surface area contributed by atoms with E-state index in [2.05, 4.69) is 13.8 Å². The number of carbonyl (C=O) groups is 3. The summed E-state index contributed by atoms with van der Waals surface area (Å²) >= 11 is 0. The third-order valence-electron chi connectivity index (χ3n) is 11.2. The minimum atomic E-state index is -1.85. The van der Waals surface area contributed by atoms with Crippen LogP contribution in [0.5, 0.6) is 0 Å². The van der Waals surface area contributed by atoms with Crippen LogP contribution in [0.25, 0.3) is 0 Å². The molecule has 11 heteroatoms. The molecule has 4 N–H and O–H groups in total. The van der Waals surface area contributed by atoms with Crippen LogP contribution in [0, 0.1) is 0 Å². The summed E-state index contributed by atoms with van der Waals surface area (Å²) in [6.07, 6.45) is 28.9. The van der Waals surface area contributed by atoms with E-state index < -0.39 is 54.7 Å². The lowest BCUT2D eigenvalue weighted by molar-refractivity contribution is -0.298. The fraction of sp³-hybridized carbons (Fsp3) is 0.935. The fourth-order valence-corrected chi connectivity index (χ4v) is 7.47. The van der Waals surface area contributed by atoms with Crippen LogP contribution in [0.3, 0.4) is 0 Å². The number of esters is 2. The van der Waals surface area contributed by atoms with Crippen molar-refractivity contribution in [3.63, 3.8) is 0 Å². The second-order valence-electron chi connectivity index (χ2n) is 16.6. The summed E-state index contributed by atoms with van der Waals surface area (Å²) in [5.74, 6) is -2.43. The van der Waals surface area contributed by atoms with Crippen LogP contribution in [-0.4, -0.2) is 88.4 Å². The van der Waals surface area contributed by atoms with Crippen LogP contribution in [0.1, 0.15) is 226 Å². The van der Waals surface area contributed by atoms with Gasteiger partial charge in [0.05, 0.1) is 6.61 Å². The Hall–Kier alpha value is -1.79. The quantitative estimate of drug-likeness (QED) is 0.0343. The van der Waals surface area contributed by atoms with E-state index >= 15 is 0 Å². The highest BCUT2D eigenvalue weighted by Crippen LogP contribution is 2.23. The van der Waals surface area contributed by atoms with Crippen LogP contribution in [0.2, 0.25) is 0 Å². The first kappa shape index (κ1) is 53.2. The van der Waals surface area contributed by atoms with Crippen LogP contribution < -0.4 is 0 Å². The number of aliphatic hydroxyl groups is 3. The van der Waals surface area contributed by atoms with Crippen LogP contribution in [-0.2, 0) is 33.3 Å². The summed E-state index contributed by atoms with van der Waals surface area (Å²) in [7, 11) is 0. The summed E-state index contributed by atoms with van der Waals surface area (Å²) in [6, 6.07) is 0. The first-order valence-electron chi connectivity index (χ1n) is 23.6. The number of unbranched alkanes of at least 4 members (excludes halogenated alkanes) is 29. The highest BCUT2D eigenvalue weighted by Gasteiger charge is 2.47. The van der Waals surface area contributed by atoms with Gasteiger partial charge in [0.15, 0.2) is 18.5 Å². The normalized spacial score (nSPS) is 20.1. The molecule has 0 radical (unpaired) electrons. The van der Waals surface area contributed by atoms with E-state index in [1.807, 2.05) is 0 Å². The van der Waals surface area contributed by atoms with E-state index in [1.54, 1.807) is 0 Å². The van der Waals surface area contributed by atoms with Gasteiger partial charge in [-0.3, -0.25) is 9.59 Å². The minimum Gasteiger partial charge on any atom is -0.479 e. The van der Waals surface area contributed by atoms with Crippen LogP contribution in [0.15, 0.2) is 0 Å². The average Bonchev–Trinajstić information content (AvgIpc) is 3.19. The Morgan fingerprint density at radius 1 is 0.474 bits per heavy atom. The lowest BCUT2D eigenvalue weighted by Crippen LogP contribution is -2.60. The van der Waals surface area contributed by atoms with Gasteiger partial charge >= 0.3 is 17.9 Å². The van der Waals surface area contributed by atoms with Gasteiger partial charge in [0.1, 0.15) is 24.9 Å². The van der Waals surface area contributed by atoms with Gasteiger partial charge in [-0.05, 0) is 12.8 Å². The van der Waals surface area contributed by atoms with Crippen molar-refractivity contribution in [2.24, 2.45) is 0 Å². The van der Waals surface area contributed by atoms with Gasteiger partial charge < -0.3 is 39.4 Å². The van der Waals surface area contributed by atoms with Gasteiger partial charge in [0.2, 0.25) is 0 Å². The predicted molar refractivity (Wildman–Crippen MR) is 225 cm³/mol. The number of ether oxygens (including phenoxy) is 4. The molecule has 0 amide bonds. The number of aliphatic carboxylic acids is 1. The Morgan fingerprint density at radius 3 is 1.19 bits per heavy atom. The molecule has 0 aromatic heterocycles. The molecule has 0 aromatic carbocycles. The number of rotatable bonds is 40. The van der Waals surface area contributed by atoms with E-state index in [4.69, 9.17) is 18.9 Å². The smallest absolute Gasteiger partial charge is 0.335 e. The molecule has 0 aliphatic carbocycles. The molecule has 1 saturated heterocycles. The van der Waals surface area contributed by atoms with E-state index in [1.165, 1.54) is 148 Å². The highest BCUT2D eigenvalue weighted by atomic mass is 16.7. The van der Waals surface area contributed by atoms with Crippen molar-refractivity contribution in [2.45, 2.75) is 263 Å². The second kappa shape index (κ2) is 37.2. The molecule has 57 heavy (non-hydrogen) atoms. The van der Waals surface area contributed by atoms with Crippen LogP contribution in [0.4, 0.5) is 0 Å². The van der Waals surface area contributed by atoms with E-state index in [0.717, 1.165) is 38.5 Å². The lowest BCUT2D eigenvalue weighted by atomic mass is 9.99. The van der Waals surface area contributed by atoms with Crippen LogP contribution >= 0.6 is 0 Å². The first-order valence-corrected chi connectivity index (χ1v) is 23.6. The molecular weight excluding hydrogens is 728 g/mol. The summed E-state index contributed by atoms with van der Waals surface area (Å²) in [6.45, 7) is 3.82. The number of carboxylic acids is 1. The number of hydrogen-bond acceptors (Lipinski definition) is 10. The maximum absolute atomic E-state index is 12.7. The zero-order valence-corrected chi connectivity index (χ0v) is 36.4. The fourth-order valence-electron chi connectivity index (χ4n) is 7.47. The maximum atomic E-state index is 12.7. The maximum Gasteiger partial charge on any atom is 0.335 e. The topological polar surface area (TPSA) is 169 Å². The monoisotopic (exact) mass is 815 g/mol. The highest BCUT2D eigenvalue weighted by molar-refractivity contribution is 5.73. The summed E-state index contributed by atoms with van der Waals surface area (Å²) in [5.41, 5.74) is 0. The second-order valence-corrected chi connectivity index (χ2v) is 16.6. The summed E-state index contributed by atoms with van der Waals surface area (Å²) < 4.78 is 21.7. The third-order valence-corrected chi connectivity index (χ3v) is 11.2. The number of carbonyl (C=O) groups excluding carboxylic acids is 2. The third kappa shape index (κ3) is 29.1. The minimum absolute atomic E-state index is 0.189. The Kier molecular flexibility index (Phi) is 34.8. The molecular formula is C46H86O11. The molecule has 1 aliphatic heterocycles. The Labute approximate surface area is 346 Å². The van der Waals surface area contributed by atoms with Crippen molar-refractivity contribution in [3.8, 4) is 0 Å². The molecule has 6 unspecified atom stereocenters. The first-order chi connectivity index (χ1) is 27.7. The zero-order valence-electron chi connectivity index (χ0n) is 36.4. The number of aliphatic hydroxyl groups excluding tert-OH is 3. The molecule has 1 aliphatic rings. The van der Waals surface area contributed by atoms with E-state index in [9.17, 15) is 34.8 Å². The van der Waals surface area contributed by atoms with Gasteiger partial charge in [-0.15, -0.1) is 0 Å². The molecule has 0 spiro atoms. The van der Waals surface area contributed by atoms with Gasteiger partial charge in [-0.2, -0.15) is 0 Å². The molecule has 6 atom stereocenters. The lowest BCUT2D eigenvalue weighted by Gasteiger charge is -2.38. The SMILES string of the molecule is CCCCCCCCCCCCCCCCCCCCCCCC(=O)OCC(COC1OC(C(=O)O)C(O)C(O)C1O)OC(=O)CCCCCCCCCCCC. The predicted octanol–water partition coefficient (Wildman–Crippen LogP) is 10.3. The Bertz CT molecular complexity index is 963. The number of carboxylic acid groups (broad SMARTS) is 1. The molecule has 11 nitrogen and oxygen atoms in total. The van der Waals surface area contributed by atoms with Crippen molar-refractivity contribution >= 4 is 17.9 Å². The van der Waals surface area contributed by atoms with Gasteiger partial charge in [0, 0.05) is 12.8 Å². The molecule has 1 rings (SSSR count). The van der Waals surface area contributed by atoms with Crippen molar-refractivity contribution in [2.75, 3.05) is 13.2 Å². The van der Waals surface area contributed by atoms with Gasteiger partial charge in [0.25, 0.3) is 0 Å². The van der Waals surface area contributed by atoms with Crippen molar-refractivity contribution in [1.82, 2.24) is 0 Å². The van der Waals surface area contributed by atoms with Crippen molar-refractivity contribution in [3.05, 3.63) is 0 Å². The summed E-state index contributed by atoms with van der Waals surface area (Å²) in [4.78, 5) is 36.8. The average molecular weight is 815 g/mol. The number of hydrogen-bond donors (Lipinski definition) is 4. The largest absolute Gasteiger partial charge is 0.479 e. The Balaban J connectivity index is 2.26. The van der Waals surface area contributed by atoms with Gasteiger partial charge in [-0.1, -0.05) is 200 Å². The molecule has 336 valence electrons. The van der Waals surface area contributed by atoms with Crippen molar-refractivity contribution < 1.29 is 53.8 Å². The van der Waals surface area contributed by atoms with E-state index in [0.29, 0.717) is 12.8 Å². The molecule has 0 saturated carbocycles.